The lowest BCUT2D eigenvalue weighted by molar-refractivity contribution is 0.0951. The Balaban J connectivity index is 1.43. The lowest BCUT2D eigenvalue weighted by Gasteiger charge is -2.09. The number of phenols is 1. The number of fused-ring (bicyclic) bond motifs is 1. The van der Waals surface area contributed by atoms with Crippen LogP contribution in [0, 0.1) is 6.92 Å². The van der Waals surface area contributed by atoms with Gasteiger partial charge in [0.2, 0.25) is 5.88 Å². The van der Waals surface area contributed by atoms with E-state index in [-0.39, 0.29) is 11.7 Å². The van der Waals surface area contributed by atoms with Gasteiger partial charge in [-0.25, -0.2) is 9.97 Å². The molecular weight excluding hydrogens is 440 g/mol. The van der Waals surface area contributed by atoms with Crippen LogP contribution in [-0.2, 0) is 6.54 Å². The molecule has 0 fully saturated rings. The molecule has 0 radical (unpaired) electrons. The molecule has 0 spiro atoms. The van der Waals surface area contributed by atoms with Crippen molar-refractivity contribution in [3.63, 3.8) is 0 Å². The minimum atomic E-state index is -0.173. The molecule has 0 aliphatic rings. The Labute approximate surface area is 202 Å². The first-order valence-electron chi connectivity index (χ1n) is 11.2. The highest BCUT2D eigenvalue weighted by atomic mass is 16.5. The molecule has 0 aliphatic carbocycles. The van der Waals surface area contributed by atoms with E-state index in [1.54, 1.807) is 37.6 Å². The zero-order chi connectivity index (χ0) is 24.4. The molecule has 2 heterocycles. The largest absolute Gasteiger partial charge is 0.507 e. The van der Waals surface area contributed by atoms with E-state index in [9.17, 15) is 9.90 Å². The average molecular weight is 465 g/mol. The third-order valence-corrected chi connectivity index (χ3v) is 5.97. The third-order valence-electron chi connectivity index (χ3n) is 5.97. The fraction of sp³-hybridized carbons (Fsp3) is 0.107. The van der Waals surface area contributed by atoms with Gasteiger partial charge in [0, 0.05) is 23.9 Å². The van der Waals surface area contributed by atoms with Crippen molar-refractivity contribution in [3.8, 4) is 34.1 Å². The van der Waals surface area contributed by atoms with Crippen LogP contribution in [0.25, 0.3) is 33.5 Å². The topological polar surface area (TPSA) is 100 Å². The number of pyridine rings is 1. The molecule has 0 atom stereocenters. The van der Waals surface area contributed by atoms with Crippen molar-refractivity contribution in [1.82, 2.24) is 20.3 Å². The Hall–Kier alpha value is -4.65. The Morgan fingerprint density at radius 1 is 1.03 bits per heavy atom. The van der Waals surface area contributed by atoms with E-state index in [1.165, 1.54) is 0 Å². The number of aromatic nitrogens is 3. The van der Waals surface area contributed by atoms with Gasteiger partial charge >= 0.3 is 0 Å². The van der Waals surface area contributed by atoms with E-state index in [2.05, 4.69) is 20.3 Å². The quantitative estimate of drug-likeness (QED) is 0.319. The number of carbonyl (C=O) groups is 1. The molecule has 5 rings (SSSR count). The van der Waals surface area contributed by atoms with E-state index in [0.717, 1.165) is 27.8 Å². The second-order valence-corrected chi connectivity index (χ2v) is 8.22. The molecule has 0 unspecified atom stereocenters. The van der Waals surface area contributed by atoms with Crippen LogP contribution in [0.4, 0.5) is 0 Å². The van der Waals surface area contributed by atoms with Crippen molar-refractivity contribution in [1.29, 1.82) is 0 Å². The van der Waals surface area contributed by atoms with E-state index < -0.39 is 0 Å². The number of aromatic hydroxyl groups is 1. The highest BCUT2D eigenvalue weighted by molar-refractivity contribution is 5.97. The number of ether oxygens (including phenoxy) is 1. The summed E-state index contributed by atoms with van der Waals surface area (Å²) in [5.74, 6) is 0.912. The van der Waals surface area contributed by atoms with E-state index in [0.29, 0.717) is 34.9 Å². The standard InChI is InChI=1S/C28H24N4O3/c1-17-6-3-4-7-20(17)16-30-27(34)19-9-11-23-24(15-19)32-26(31-23)22-14-18(10-12-25(22)33)21-8-5-13-29-28(21)35-2/h3-15,33H,16H2,1-2H3,(H,30,34)(H,31,32). The van der Waals surface area contributed by atoms with Crippen LogP contribution in [0.1, 0.15) is 21.5 Å². The van der Waals surface area contributed by atoms with Crippen molar-refractivity contribution in [2.45, 2.75) is 13.5 Å². The lowest BCUT2D eigenvalue weighted by Crippen LogP contribution is -2.23. The van der Waals surface area contributed by atoms with Crippen molar-refractivity contribution >= 4 is 16.9 Å². The second-order valence-electron chi connectivity index (χ2n) is 8.22. The fourth-order valence-electron chi connectivity index (χ4n) is 4.03. The smallest absolute Gasteiger partial charge is 0.251 e. The summed E-state index contributed by atoms with van der Waals surface area (Å²) in [5, 5.41) is 13.5. The summed E-state index contributed by atoms with van der Waals surface area (Å²) in [5.41, 5.74) is 6.29. The average Bonchev–Trinajstić information content (AvgIpc) is 3.31. The number of benzene rings is 3. The molecule has 5 aromatic rings. The fourth-order valence-corrected chi connectivity index (χ4v) is 4.03. The second kappa shape index (κ2) is 9.30. The van der Waals surface area contributed by atoms with E-state index >= 15 is 0 Å². The number of nitrogens with one attached hydrogen (secondary N) is 2. The molecular formula is C28H24N4O3. The molecule has 0 bridgehead atoms. The number of hydrogen-bond acceptors (Lipinski definition) is 5. The summed E-state index contributed by atoms with van der Waals surface area (Å²) in [7, 11) is 1.57. The molecule has 3 N–H and O–H groups in total. The van der Waals surface area contributed by atoms with Gasteiger partial charge < -0.3 is 20.1 Å². The zero-order valence-electron chi connectivity index (χ0n) is 19.4. The normalized spacial score (nSPS) is 10.9. The number of nitrogens with zero attached hydrogens (tertiary/aromatic N) is 2. The maximum atomic E-state index is 12.8. The number of aromatic amines is 1. The molecule has 0 saturated carbocycles. The number of H-pyrrole nitrogens is 1. The van der Waals surface area contributed by atoms with Gasteiger partial charge in [-0.15, -0.1) is 0 Å². The van der Waals surface area contributed by atoms with Crippen LogP contribution in [0.5, 0.6) is 11.6 Å². The molecule has 2 aromatic heterocycles. The first kappa shape index (κ1) is 22.2. The van der Waals surface area contributed by atoms with Crippen molar-refractivity contribution in [3.05, 3.63) is 95.7 Å². The van der Waals surface area contributed by atoms with E-state index in [4.69, 9.17) is 4.74 Å². The Bertz CT molecular complexity index is 1540. The van der Waals surface area contributed by atoms with E-state index in [1.807, 2.05) is 55.5 Å². The molecule has 7 heteroatoms. The molecule has 35 heavy (non-hydrogen) atoms. The molecule has 0 aliphatic heterocycles. The number of phenolic OH excluding ortho intramolecular Hbond substituents is 1. The summed E-state index contributed by atoms with van der Waals surface area (Å²) >= 11 is 0. The monoisotopic (exact) mass is 464 g/mol. The van der Waals surface area contributed by atoms with Crippen LogP contribution in [0.2, 0.25) is 0 Å². The van der Waals surface area contributed by atoms with Gasteiger partial charge in [0.1, 0.15) is 11.6 Å². The van der Waals surface area contributed by atoms with Crippen molar-refractivity contribution < 1.29 is 14.6 Å². The summed E-state index contributed by atoms with van der Waals surface area (Å²) in [6.45, 7) is 2.47. The van der Waals surface area contributed by atoms with Gasteiger partial charge in [-0.3, -0.25) is 4.79 Å². The molecule has 1 amide bonds. The molecule has 3 aromatic carbocycles. The van der Waals surface area contributed by atoms with Crippen LogP contribution >= 0.6 is 0 Å². The van der Waals surface area contributed by atoms with Gasteiger partial charge in [0.25, 0.3) is 5.91 Å². The van der Waals surface area contributed by atoms with Crippen LogP contribution < -0.4 is 10.1 Å². The lowest BCUT2D eigenvalue weighted by atomic mass is 10.0. The Kier molecular flexibility index (Phi) is 5.89. The van der Waals surface area contributed by atoms with Crippen LogP contribution in [0.3, 0.4) is 0 Å². The predicted molar refractivity (Wildman–Crippen MR) is 135 cm³/mol. The van der Waals surface area contributed by atoms with Gasteiger partial charge in [0.15, 0.2) is 0 Å². The number of carbonyl (C=O) groups excluding carboxylic acids is 1. The van der Waals surface area contributed by atoms with Gasteiger partial charge in [-0.1, -0.05) is 30.3 Å². The van der Waals surface area contributed by atoms with Crippen LogP contribution in [-0.4, -0.2) is 33.1 Å². The minimum Gasteiger partial charge on any atom is -0.507 e. The first-order chi connectivity index (χ1) is 17.0. The van der Waals surface area contributed by atoms with Crippen molar-refractivity contribution in [2.24, 2.45) is 0 Å². The Morgan fingerprint density at radius 2 is 1.89 bits per heavy atom. The van der Waals surface area contributed by atoms with Gasteiger partial charge in [-0.05, 0) is 66.1 Å². The molecule has 174 valence electrons. The number of imidazole rings is 1. The maximum Gasteiger partial charge on any atom is 0.251 e. The summed E-state index contributed by atoms with van der Waals surface area (Å²) < 4.78 is 5.38. The zero-order valence-corrected chi connectivity index (χ0v) is 19.4. The number of aryl methyl sites for hydroxylation is 1. The van der Waals surface area contributed by atoms with Gasteiger partial charge in [-0.2, -0.15) is 0 Å². The summed E-state index contributed by atoms with van der Waals surface area (Å²) in [4.78, 5) is 24.9. The highest BCUT2D eigenvalue weighted by Gasteiger charge is 2.15. The number of amides is 1. The highest BCUT2D eigenvalue weighted by Crippen LogP contribution is 2.35. The molecule has 0 saturated heterocycles. The SMILES string of the molecule is COc1ncccc1-c1ccc(O)c(-c2nc3cc(C(=O)NCc4ccccc4C)ccc3[nH]2)c1. The number of hydrogen-bond donors (Lipinski definition) is 3. The minimum absolute atomic E-state index is 0.0897. The predicted octanol–water partition coefficient (Wildman–Crippen LogP) is 5.24. The first-order valence-corrected chi connectivity index (χ1v) is 11.2. The summed E-state index contributed by atoms with van der Waals surface area (Å²) in [6, 6.07) is 22.3. The Morgan fingerprint density at radius 3 is 2.71 bits per heavy atom. The van der Waals surface area contributed by atoms with Crippen molar-refractivity contribution in [2.75, 3.05) is 7.11 Å². The number of methoxy groups -OCH3 is 1. The maximum absolute atomic E-state index is 12.8. The van der Waals surface area contributed by atoms with Crippen LogP contribution in [0.15, 0.2) is 79.0 Å². The third kappa shape index (κ3) is 4.44. The molecule has 7 nitrogen and oxygen atoms in total. The summed E-state index contributed by atoms with van der Waals surface area (Å²) in [6.07, 6.45) is 1.66. The van der Waals surface area contributed by atoms with Gasteiger partial charge in [0.05, 0.1) is 23.7 Å². The number of rotatable bonds is 6.